The van der Waals surface area contributed by atoms with Crippen molar-refractivity contribution in [3.63, 3.8) is 0 Å². The first-order chi connectivity index (χ1) is 7.61. The lowest BCUT2D eigenvalue weighted by atomic mass is 10.1. The van der Waals surface area contributed by atoms with E-state index in [4.69, 9.17) is 0 Å². The Morgan fingerprint density at radius 2 is 2.12 bits per heavy atom. The molecule has 1 fully saturated rings. The first-order valence-electron chi connectivity index (χ1n) is 5.77. The summed E-state index contributed by atoms with van der Waals surface area (Å²) in [6.07, 6.45) is 2.13. The van der Waals surface area contributed by atoms with Crippen LogP contribution in [-0.2, 0) is 6.42 Å². The minimum absolute atomic E-state index is 0.110. The number of rotatable bonds is 3. The van der Waals surface area contributed by atoms with E-state index in [1.54, 1.807) is 0 Å². The van der Waals surface area contributed by atoms with E-state index in [9.17, 15) is 4.39 Å². The van der Waals surface area contributed by atoms with Crippen LogP contribution in [0.5, 0.6) is 0 Å². The quantitative estimate of drug-likeness (QED) is 0.869. The van der Waals surface area contributed by atoms with E-state index < -0.39 is 0 Å². The van der Waals surface area contributed by atoms with Crippen LogP contribution in [0.15, 0.2) is 24.3 Å². The number of hydrogen-bond acceptors (Lipinski definition) is 2. The van der Waals surface area contributed by atoms with Crippen LogP contribution in [0.1, 0.15) is 25.8 Å². The predicted octanol–water partition coefficient (Wildman–Crippen LogP) is 3.20. The van der Waals surface area contributed by atoms with Crippen LogP contribution in [0.3, 0.4) is 0 Å². The second-order valence-corrected chi connectivity index (χ2v) is 6.12. The highest BCUT2D eigenvalue weighted by Gasteiger charge is 2.33. The minimum Gasteiger partial charge on any atom is -0.299 e. The second kappa shape index (κ2) is 4.76. The van der Waals surface area contributed by atoms with Gasteiger partial charge in [-0.1, -0.05) is 19.1 Å². The van der Waals surface area contributed by atoms with Crippen LogP contribution in [0.4, 0.5) is 4.39 Å². The van der Waals surface area contributed by atoms with Crippen LogP contribution >= 0.6 is 11.8 Å². The van der Waals surface area contributed by atoms with Crippen LogP contribution in [0, 0.1) is 5.82 Å². The first-order valence-corrected chi connectivity index (χ1v) is 6.76. The zero-order chi connectivity index (χ0) is 11.6. The van der Waals surface area contributed by atoms with Crippen molar-refractivity contribution in [1.82, 2.24) is 5.32 Å². The highest BCUT2D eigenvalue weighted by Crippen LogP contribution is 2.33. The highest BCUT2D eigenvalue weighted by molar-refractivity contribution is 8.00. The van der Waals surface area contributed by atoms with Crippen LogP contribution in [0.25, 0.3) is 0 Å². The Morgan fingerprint density at radius 3 is 2.69 bits per heavy atom. The number of benzene rings is 1. The standard InChI is InChI=1S/C13H18FNS/c1-3-12-9-16-13(2,15-12)8-10-4-6-11(14)7-5-10/h4-7,12,15H,3,8-9H2,1-2H3. The topological polar surface area (TPSA) is 12.0 Å². The van der Waals surface area contributed by atoms with Crippen molar-refractivity contribution in [3.8, 4) is 0 Å². The lowest BCUT2D eigenvalue weighted by molar-refractivity contribution is 0.454. The third kappa shape index (κ3) is 2.77. The Hall–Kier alpha value is -0.540. The van der Waals surface area contributed by atoms with E-state index in [0.717, 1.165) is 6.42 Å². The lowest BCUT2D eigenvalue weighted by Crippen LogP contribution is -2.40. The summed E-state index contributed by atoms with van der Waals surface area (Å²) in [5.74, 6) is 1.01. The largest absolute Gasteiger partial charge is 0.299 e. The molecule has 0 radical (unpaired) electrons. The molecule has 0 aliphatic carbocycles. The molecule has 1 heterocycles. The molecule has 88 valence electrons. The van der Waals surface area contributed by atoms with Gasteiger partial charge in [-0.15, -0.1) is 11.8 Å². The molecule has 1 N–H and O–H groups in total. The normalized spacial score (nSPS) is 29.6. The van der Waals surface area contributed by atoms with Gasteiger partial charge in [0, 0.05) is 11.8 Å². The number of nitrogens with one attached hydrogen (secondary N) is 1. The molecule has 2 unspecified atom stereocenters. The zero-order valence-electron chi connectivity index (χ0n) is 9.79. The third-order valence-corrected chi connectivity index (χ3v) is 4.53. The molecule has 1 aliphatic rings. The van der Waals surface area contributed by atoms with Crippen LogP contribution < -0.4 is 5.32 Å². The zero-order valence-corrected chi connectivity index (χ0v) is 10.6. The van der Waals surface area contributed by atoms with Gasteiger partial charge in [-0.3, -0.25) is 5.32 Å². The predicted molar refractivity (Wildman–Crippen MR) is 68.2 cm³/mol. The molecule has 2 atom stereocenters. The van der Waals surface area contributed by atoms with E-state index in [2.05, 4.69) is 19.2 Å². The monoisotopic (exact) mass is 239 g/mol. The SMILES string of the molecule is CCC1CSC(C)(Cc2ccc(F)cc2)N1. The van der Waals surface area contributed by atoms with Crippen molar-refractivity contribution in [2.75, 3.05) is 5.75 Å². The van der Waals surface area contributed by atoms with Crippen molar-refractivity contribution < 1.29 is 4.39 Å². The number of thioether (sulfide) groups is 1. The fourth-order valence-electron chi connectivity index (χ4n) is 2.11. The summed E-state index contributed by atoms with van der Waals surface area (Å²) in [6, 6.07) is 7.45. The second-order valence-electron chi connectivity index (χ2n) is 4.59. The molecule has 0 aromatic heterocycles. The van der Waals surface area contributed by atoms with Crippen LogP contribution in [0.2, 0.25) is 0 Å². The summed E-state index contributed by atoms with van der Waals surface area (Å²) >= 11 is 1.97. The van der Waals surface area contributed by atoms with Gasteiger partial charge in [-0.2, -0.15) is 0 Å². The number of halogens is 1. The Bertz CT molecular complexity index is 351. The fourth-order valence-corrected chi connectivity index (χ4v) is 3.52. The molecule has 1 aliphatic heterocycles. The fraction of sp³-hybridized carbons (Fsp3) is 0.538. The van der Waals surface area contributed by atoms with Crippen molar-refractivity contribution in [1.29, 1.82) is 0 Å². The first kappa shape index (κ1) is 11.9. The van der Waals surface area contributed by atoms with Gasteiger partial charge in [0.05, 0.1) is 4.87 Å². The summed E-state index contributed by atoms with van der Waals surface area (Å²) < 4.78 is 12.8. The molecule has 1 aromatic carbocycles. The Morgan fingerprint density at radius 1 is 1.44 bits per heavy atom. The van der Waals surface area contributed by atoms with Crippen molar-refractivity contribution in [3.05, 3.63) is 35.6 Å². The Labute approximate surface area is 101 Å². The maximum Gasteiger partial charge on any atom is 0.123 e. The summed E-state index contributed by atoms with van der Waals surface area (Å²) in [5.41, 5.74) is 1.20. The van der Waals surface area contributed by atoms with E-state index in [1.807, 2.05) is 23.9 Å². The molecule has 1 aromatic rings. The Balaban J connectivity index is 2.01. The van der Waals surface area contributed by atoms with E-state index in [-0.39, 0.29) is 10.7 Å². The van der Waals surface area contributed by atoms with Gasteiger partial charge in [0.1, 0.15) is 5.82 Å². The van der Waals surface area contributed by atoms with Gasteiger partial charge in [0.15, 0.2) is 0 Å². The molecule has 1 saturated heterocycles. The van der Waals surface area contributed by atoms with Gasteiger partial charge in [-0.05, 0) is 37.5 Å². The summed E-state index contributed by atoms with van der Waals surface area (Å²) in [6.45, 7) is 4.44. The molecule has 16 heavy (non-hydrogen) atoms. The van der Waals surface area contributed by atoms with Gasteiger partial charge in [-0.25, -0.2) is 4.39 Å². The smallest absolute Gasteiger partial charge is 0.123 e. The van der Waals surface area contributed by atoms with Crippen molar-refractivity contribution in [2.45, 2.75) is 37.6 Å². The summed E-state index contributed by atoms with van der Waals surface area (Å²) in [7, 11) is 0. The minimum atomic E-state index is -0.160. The molecular formula is C13H18FNS. The average Bonchev–Trinajstić information content (AvgIpc) is 2.64. The summed E-state index contributed by atoms with van der Waals surface area (Å²) in [5, 5.41) is 3.65. The highest BCUT2D eigenvalue weighted by atomic mass is 32.2. The van der Waals surface area contributed by atoms with E-state index in [1.165, 1.54) is 29.9 Å². The summed E-state index contributed by atoms with van der Waals surface area (Å²) in [4.78, 5) is 0.110. The average molecular weight is 239 g/mol. The molecule has 0 saturated carbocycles. The molecule has 0 amide bonds. The molecule has 0 bridgehead atoms. The molecule has 0 spiro atoms. The maximum absolute atomic E-state index is 12.8. The molecular weight excluding hydrogens is 221 g/mol. The van der Waals surface area contributed by atoms with Crippen molar-refractivity contribution in [2.24, 2.45) is 0 Å². The van der Waals surface area contributed by atoms with Gasteiger partial charge in [0.2, 0.25) is 0 Å². The Kier molecular flexibility index (Phi) is 3.55. The third-order valence-electron chi connectivity index (χ3n) is 3.06. The van der Waals surface area contributed by atoms with Gasteiger partial charge >= 0.3 is 0 Å². The molecule has 1 nitrogen and oxygen atoms in total. The van der Waals surface area contributed by atoms with Gasteiger partial charge < -0.3 is 0 Å². The number of hydrogen-bond donors (Lipinski definition) is 1. The molecule has 3 heteroatoms. The van der Waals surface area contributed by atoms with E-state index in [0.29, 0.717) is 6.04 Å². The lowest BCUT2D eigenvalue weighted by Gasteiger charge is -2.24. The van der Waals surface area contributed by atoms with Crippen LogP contribution in [-0.4, -0.2) is 16.7 Å². The van der Waals surface area contributed by atoms with Crippen molar-refractivity contribution >= 4 is 11.8 Å². The maximum atomic E-state index is 12.8. The van der Waals surface area contributed by atoms with Gasteiger partial charge in [0.25, 0.3) is 0 Å². The van der Waals surface area contributed by atoms with E-state index >= 15 is 0 Å². The molecule has 2 rings (SSSR count).